The van der Waals surface area contributed by atoms with Crippen molar-refractivity contribution in [3.8, 4) is 66.8 Å². The maximum Gasteiger partial charge on any atom is 0.252 e. The Morgan fingerprint density at radius 2 is 0.555 bits per heavy atom. The van der Waals surface area contributed by atoms with Crippen molar-refractivity contribution in [2.45, 2.75) is 19.6 Å². The maximum atomic E-state index is 2.70. The molecule has 17 aromatic carbocycles. The Bertz CT molecular complexity index is 6100. The van der Waals surface area contributed by atoms with Gasteiger partial charge in [-0.15, -0.1) is 0 Å². The summed E-state index contributed by atoms with van der Waals surface area (Å²) in [7, 11) is 0. The number of nitrogens with zero attached hydrogens (tertiary/aromatic N) is 4. The zero-order valence-electron chi connectivity index (χ0n) is 60.0. The number of para-hydroxylation sites is 3. The zero-order chi connectivity index (χ0) is 72.6. The second kappa shape index (κ2) is 27.5. The van der Waals surface area contributed by atoms with Crippen LogP contribution in [0.2, 0.25) is 0 Å². The lowest BCUT2D eigenvalue weighted by atomic mass is 9.31. The Kier molecular flexibility index (Phi) is 16.3. The predicted octanol–water partition coefficient (Wildman–Crippen LogP) is 24.2. The van der Waals surface area contributed by atoms with Gasteiger partial charge in [0, 0.05) is 87.6 Å². The summed E-state index contributed by atoms with van der Waals surface area (Å²) in [6.45, 7) is -0.272. The lowest BCUT2D eigenvalue weighted by Gasteiger charge is -2.46. The Morgan fingerprint density at radius 3 is 1.01 bits per heavy atom. The summed E-state index contributed by atoms with van der Waals surface area (Å²) < 4.78 is 0. The van der Waals surface area contributed by atoms with Crippen molar-refractivity contribution in [3.63, 3.8) is 0 Å². The van der Waals surface area contributed by atoms with Crippen LogP contribution in [0.1, 0.15) is 0 Å². The molecule has 0 unspecified atom stereocenters. The molecule has 4 heterocycles. The molecule has 0 N–H and O–H groups in total. The van der Waals surface area contributed by atoms with E-state index in [1.54, 1.807) is 0 Å². The van der Waals surface area contributed by atoms with E-state index >= 15 is 0 Å². The molecule has 4 nitrogen and oxygen atoms in total. The van der Waals surface area contributed by atoms with Crippen molar-refractivity contribution < 1.29 is 0 Å². The van der Waals surface area contributed by atoms with E-state index in [9.17, 15) is 0 Å². The topological polar surface area (TPSA) is 13.0 Å². The first-order valence-corrected chi connectivity index (χ1v) is 39.4. The van der Waals surface area contributed by atoms with E-state index in [1.165, 1.54) is 85.7 Å². The molecular formula is C102H68B2N4S2. The Labute approximate surface area is 651 Å². The highest BCUT2D eigenvalue weighted by molar-refractivity contribution is 8.01. The van der Waals surface area contributed by atoms with E-state index in [-0.39, 0.29) is 13.4 Å². The molecule has 0 atom stereocenters. The fraction of sp³-hybridized carbons (Fsp3) is 0. The Hall–Kier alpha value is -13.2. The van der Waals surface area contributed by atoms with Gasteiger partial charge in [0.15, 0.2) is 0 Å². The summed E-state index contributed by atoms with van der Waals surface area (Å²) in [6, 6.07) is 153. The molecule has 0 amide bonds. The fourth-order valence-corrected chi connectivity index (χ4v) is 19.8. The third-order valence-electron chi connectivity index (χ3n) is 22.3. The van der Waals surface area contributed by atoms with E-state index in [0.717, 1.165) is 102 Å². The third-order valence-corrected chi connectivity index (χ3v) is 24.6. The zero-order valence-corrected chi connectivity index (χ0v) is 61.7. The number of hydrogen-bond donors (Lipinski definition) is 0. The molecule has 4 aliphatic rings. The number of hydrogen-bond acceptors (Lipinski definition) is 6. The second-order valence-corrected chi connectivity index (χ2v) is 30.8. The highest BCUT2D eigenvalue weighted by Crippen LogP contribution is 2.54. The van der Waals surface area contributed by atoms with E-state index in [0.29, 0.717) is 0 Å². The van der Waals surface area contributed by atoms with Crippen LogP contribution in [-0.2, 0) is 0 Å². The van der Waals surface area contributed by atoms with Gasteiger partial charge in [-0.05, 0) is 181 Å². The second-order valence-electron chi connectivity index (χ2n) is 28.6. The van der Waals surface area contributed by atoms with Gasteiger partial charge in [0.1, 0.15) is 0 Å². The SMILES string of the molecule is c1ccc(-c2ccc(N(c3ccc(-c4ccccc4)cc3)c3cc4c5c(c3)Sc3cc6c(cc3B5c3ccccc3S4)B3c4ccccc4N(c4ccccc4)c4cc(N(c5ccc(-c7ccccc7)cc5)c5ccc(-c7ccccc7)cc5)cc(c43)N6c3c(-c4ccccc4)cccc3-c3ccccc3)cc2)cc1. The van der Waals surface area contributed by atoms with Crippen molar-refractivity contribution >= 4 is 138 Å². The summed E-state index contributed by atoms with van der Waals surface area (Å²) >= 11 is 3.83. The Balaban J connectivity index is 0.830. The number of anilines is 12. The number of benzene rings is 17. The molecule has 0 saturated carbocycles. The average molecular weight is 1440 g/mol. The summed E-state index contributed by atoms with van der Waals surface area (Å²) in [5.74, 6) is 0. The predicted molar refractivity (Wildman–Crippen MR) is 468 cm³/mol. The van der Waals surface area contributed by atoms with Crippen LogP contribution in [0.3, 0.4) is 0 Å². The fourth-order valence-electron chi connectivity index (χ4n) is 17.3. The van der Waals surface area contributed by atoms with Crippen molar-refractivity contribution in [3.05, 3.63) is 413 Å². The molecule has 0 aromatic heterocycles. The van der Waals surface area contributed by atoms with Gasteiger partial charge in [0.05, 0.1) is 11.4 Å². The first-order valence-electron chi connectivity index (χ1n) is 37.8. The van der Waals surface area contributed by atoms with Gasteiger partial charge >= 0.3 is 0 Å². The van der Waals surface area contributed by atoms with E-state index in [2.05, 4.69) is 432 Å². The lowest BCUT2D eigenvalue weighted by Crippen LogP contribution is -2.64. The van der Waals surface area contributed by atoms with Crippen LogP contribution in [0.15, 0.2) is 432 Å². The van der Waals surface area contributed by atoms with Gasteiger partial charge in [-0.1, -0.05) is 344 Å². The summed E-state index contributed by atoms with van der Waals surface area (Å²) in [5, 5.41) is 0. The molecule has 0 radical (unpaired) electrons. The third kappa shape index (κ3) is 11.4. The minimum Gasteiger partial charge on any atom is -0.311 e. The molecule has 0 bridgehead atoms. The van der Waals surface area contributed by atoms with Crippen molar-refractivity contribution in [1.29, 1.82) is 0 Å². The minimum absolute atomic E-state index is 0.0697. The van der Waals surface area contributed by atoms with Crippen molar-refractivity contribution in [2.24, 2.45) is 0 Å². The van der Waals surface area contributed by atoms with Gasteiger partial charge in [0.25, 0.3) is 6.71 Å². The Morgan fingerprint density at radius 1 is 0.200 bits per heavy atom. The van der Waals surface area contributed by atoms with Crippen LogP contribution in [-0.4, -0.2) is 13.4 Å². The summed E-state index contributed by atoms with van der Waals surface area (Å²) in [5.41, 5.74) is 34.8. The molecule has 0 spiro atoms. The normalized spacial score (nSPS) is 12.6. The lowest BCUT2D eigenvalue weighted by molar-refractivity contribution is 1.22. The standard InChI is InChI=1S/C102H68B2N4S2/c1-8-27-69(28-9-1)73-47-55-80(56-48-73)105(81-57-49-74(50-58-81)70-29-10-2-11-30-70)84-63-94-100-95(64-84)108(102-86(77-35-16-5-17-36-77)41-26-42-87(102)78-37-18-6-19-38-78)93-68-97-91(67-90(93)103(100)88-43-22-24-45-92(88)107(94)79-39-20-7-21-40-79)104-89-44-23-25-46-96(89)109-98-65-85(66-99(110-97)101(98)104)106(82-59-51-75(52-60-82)71-31-12-3-13-32-71)83-61-53-76(54-62-83)72-33-14-4-15-34-72/h1-68H. The molecule has 0 fully saturated rings. The van der Waals surface area contributed by atoms with Crippen LogP contribution in [0.4, 0.5) is 68.2 Å². The van der Waals surface area contributed by atoms with Crippen LogP contribution in [0, 0.1) is 0 Å². The van der Waals surface area contributed by atoms with Gasteiger partial charge in [-0.25, -0.2) is 0 Å². The monoisotopic (exact) mass is 1430 g/mol. The van der Waals surface area contributed by atoms with Crippen LogP contribution in [0.5, 0.6) is 0 Å². The highest BCUT2D eigenvalue weighted by Gasteiger charge is 2.48. The largest absolute Gasteiger partial charge is 0.311 e. The molecule has 110 heavy (non-hydrogen) atoms. The summed E-state index contributed by atoms with van der Waals surface area (Å²) in [6.07, 6.45) is 0. The molecular weight excluding hydrogens is 1370 g/mol. The van der Waals surface area contributed by atoms with E-state index < -0.39 is 0 Å². The van der Waals surface area contributed by atoms with E-state index in [1.807, 2.05) is 23.5 Å². The van der Waals surface area contributed by atoms with Crippen LogP contribution >= 0.6 is 23.5 Å². The maximum absolute atomic E-state index is 2.70. The quantitative estimate of drug-likeness (QED) is 0.0999. The van der Waals surface area contributed by atoms with Gasteiger partial charge in [-0.3, -0.25) is 0 Å². The molecule has 0 saturated heterocycles. The van der Waals surface area contributed by atoms with Crippen LogP contribution < -0.4 is 52.4 Å². The first-order chi connectivity index (χ1) is 54.6. The first kappa shape index (κ1) is 65.1. The highest BCUT2D eigenvalue weighted by atomic mass is 32.2. The van der Waals surface area contributed by atoms with Crippen LogP contribution in [0.25, 0.3) is 66.8 Å². The molecule has 4 aliphatic heterocycles. The van der Waals surface area contributed by atoms with Crippen molar-refractivity contribution in [2.75, 3.05) is 19.6 Å². The molecule has 8 heteroatoms. The average Bonchev–Trinajstić information content (AvgIpc) is 0.686. The molecule has 514 valence electrons. The molecule has 0 aliphatic carbocycles. The number of fused-ring (bicyclic) bond motifs is 8. The van der Waals surface area contributed by atoms with Crippen molar-refractivity contribution in [1.82, 2.24) is 0 Å². The summed E-state index contributed by atoms with van der Waals surface area (Å²) in [4.78, 5) is 15.2. The minimum atomic E-state index is -0.203. The van der Waals surface area contributed by atoms with Gasteiger partial charge in [-0.2, -0.15) is 0 Å². The van der Waals surface area contributed by atoms with Gasteiger partial charge < -0.3 is 19.6 Å². The van der Waals surface area contributed by atoms with E-state index in [4.69, 9.17) is 0 Å². The smallest absolute Gasteiger partial charge is 0.252 e. The molecule has 17 aromatic rings. The van der Waals surface area contributed by atoms with Gasteiger partial charge in [0.2, 0.25) is 6.71 Å². The number of rotatable bonds is 14. The molecule has 21 rings (SSSR count).